The summed E-state index contributed by atoms with van der Waals surface area (Å²) in [6, 6.07) is 16.0. The highest BCUT2D eigenvalue weighted by molar-refractivity contribution is 7.11. The molecule has 0 aliphatic rings. The van der Waals surface area contributed by atoms with E-state index in [1.165, 1.54) is 29.5 Å². The van der Waals surface area contributed by atoms with Crippen molar-refractivity contribution in [3.8, 4) is 0 Å². The molecule has 3 rings (SSSR count). The number of thiophene rings is 1. The predicted molar refractivity (Wildman–Crippen MR) is 102 cm³/mol. The van der Waals surface area contributed by atoms with E-state index in [9.17, 15) is 14.0 Å². The van der Waals surface area contributed by atoms with Crippen molar-refractivity contribution in [1.29, 1.82) is 0 Å². The van der Waals surface area contributed by atoms with Gasteiger partial charge in [-0.25, -0.2) is 4.39 Å². The van der Waals surface area contributed by atoms with Crippen LogP contribution in [0.2, 0.25) is 0 Å². The van der Waals surface area contributed by atoms with Crippen LogP contribution < -0.4 is 11.1 Å². The van der Waals surface area contributed by atoms with Crippen LogP contribution in [0.15, 0.2) is 66.0 Å². The van der Waals surface area contributed by atoms with Crippen LogP contribution in [0.4, 0.5) is 10.1 Å². The molecule has 2 amide bonds. The van der Waals surface area contributed by atoms with Crippen molar-refractivity contribution in [1.82, 2.24) is 0 Å². The van der Waals surface area contributed by atoms with E-state index in [0.717, 1.165) is 4.88 Å². The lowest BCUT2D eigenvalue weighted by Gasteiger charge is -2.09. The third-order valence-corrected chi connectivity index (χ3v) is 4.52. The van der Waals surface area contributed by atoms with E-state index in [0.29, 0.717) is 22.4 Å². The van der Waals surface area contributed by atoms with Crippen LogP contribution in [0.25, 0.3) is 11.6 Å². The lowest BCUT2D eigenvalue weighted by molar-refractivity contribution is -0.111. The number of hydrogen-bond acceptors (Lipinski definition) is 3. The minimum absolute atomic E-state index is 0.308. The van der Waals surface area contributed by atoms with Gasteiger partial charge >= 0.3 is 0 Å². The van der Waals surface area contributed by atoms with Crippen LogP contribution in [-0.2, 0) is 4.79 Å². The summed E-state index contributed by atoms with van der Waals surface area (Å²) >= 11 is 1.42. The highest BCUT2D eigenvalue weighted by Crippen LogP contribution is 2.25. The molecule has 0 bridgehead atoms. The summed E-state index contributed by atoms with van der Waals surface area (Å²) in [5.74, 6) is -1.24. The summed E-state index contributed by atoms with van der Waals surface area (Å²) < 4.78 is 13.1. The number of primary amides is 1. The third kappa shape index (κ3) is 4.23. The molecular weight excluding hydrogens is 351 g/mol. The second kappa shape index (κ2) is 7.76. The first-order chi connectivity index (χ1) is 12.5. The van der Waals surface area contributed by atoms with Gasteiger partial charge in [-0.2, -0.15) is 0 Å². The number of nitrogens with one attached hydrogen (secondary N) is 1. The molecule has 1 aromatic heterocycles. The lowest BCUT2D eigenvalue weighted by Crippen LogP contribution is -2.15. The molecule has 0 radical (unpaired) electrons. The third-order valence-electron chi connectivity index (χ3n) is 3.62. The summed E-state index contributed by atoms with van der Waals surface area (Å²) in [5, 5.41) is 4.64. The molecule has 4 nitrogen and oxygen atoms in total. The summed E-state index contributed by atoms with van der Waals surface area (Å²) in [6.45, 7) is 0. The van der Waals surface area contributed by atoms with Crippen LogP contribution in [0.3, 0.4) is 0 Å². The number of halogens is 1. The van der Waals surface area contributed by atoms with E-state index in [-0.39, 0.29) is 11.7 Å². The van der Waals surface area contributed by atoms with Gasteiger partial charge in [-0.1, -0.05) is 24.3 Å². The van der Waals surface area contributed by atoms with Crippen molar-refractivity contribution in [3.63, 3.8) is 0 Å². The Labute approximate surface area is 153 Å². The molecular formula is C20H15FN2O2S. The second-order valence-electron chi connectivity index (χ2n) is 5.49. The zero-order valence-corrected chi connectivity index (χ0v) is 14.4. The number of carbonyl (C=O) groups is 2. The van der Waals surface area contributed by atoms with Crippen molar-refractivity contribution in [2.24, 2.45) is 5.73 Å². The van der Waals surface area contributed by atoms with E-state index in [4.69, 9.17) is 5.73 Å². The molecule has 3 N–H and O–H groups in total. The average Bonchev–Trinajstić information content (AvgIpc) is 3.15. The predicted octanol–water partition coefficient (Wildman–Crippen LogP) is 4.17. The standard InChI is InChI=1S/C20H15FN2O2S/c21-15-8-6-13(7-9-15)11-17(18-5-2-10-26-18)20(25)23-16-4-1-3-14(12-16)19(22)24/h1-12H,(H2,22,24)(H,23,25)/b17-11+. The zero-order chi connectivity index (χ0) is 18.5. The van der Waals surface area contributed by atoms with Crippen molar-refractivity contribution in [2.45, 2.75) is 0 Å². The smallest absolute Gasteiger partial charge is 0.257 e. The Bertz CT molecular complexity index is 964. The fourth-order valence-electron chi connectivity index (χ4n) is 2.35. The number of rotatable bonds is 5. The van der Waals surface area contributed by atoms with E-state index >= 15 is 0 Å². The maximum Gasteiger partial charge on any atom is 0.257 e. The van der Waals surface area contributed by atoms with Gasteiger partial charge in [-0.3, -0.25) is 9.59 Å². The average molecular weight is 366 g/mol. The second-order valence-corrected chi connectivity index (χ2v) is 6.43. The van der Waals surface area contributed by atoms with Gasteiger partial charge in [0.05, 0.1) is 5.57 Å². The molecule has 3 aromatic rings. The van der Waals surface area contributed by atoms with Gasteiger partial charge in [0.2, 0.25) is 5.91 Å². The van der Waals surface area contributed by atoms with Gasteiger partial charge in [0.15, 0.2) is 0 Å². The van der Waals surface area contributed by atoms with Crippen LogP contribution >= 0.6 is 11.3 Å². The summed E-state index contributed by atoms with van der Waals surface area (Å²) in [7, 11) is 0. The van der Waals surface area contributed by atoms with E-state index in [1.54, 1.807) is 36.4 Å². The number of benzene rings is 2. The molecule has 0 aliphatic heterocycles. The topological polar surface area (TPSA) is 72.2 Å². The van der Waals surface area contributed by atoms with Crippen molar-refractivity contribution >= 4 is 40.5 Å². The molecule has 0 spiro atoms. The van der Waals surface area contributed by atoms with Crippen molar-refractivity contribution in [3.05, 3.63) is 87.9 Å². The van der Waals surface area contributed by atoms with Crippen molar-refractivity contribution < 1.29 is 14.0 Å². The normalized spacial score (nSPS) is 11.2. The number of hydrogen-bond donors (Lipinski definition) is 2. The zero-order valence-electron chi connectivity index (χ0n) is 13.6. The van der Waals surface area contributed by atoms with Crippen molar-refractivity contribution in [2.75, 3.05) is 5.32 Å². The van der Waals surface area contributed by atoms with Gasteiger partial charge in [-0.05, 0) is 53.4 Å². The Balaban J connectivity index is 1.92. The van der Waals surface area contributed by atoms with Crippen LogP contribution in [-0.4, -0.2) is 11.8 Å². The van der Waals surface area contributed by atoms with Gasteiger partial charge in [0.25, 0.3) is 5.91 Å². The first kappa shape index (κ1) is 17.6. The highest BCUT2D eigenvalue weighted by Gasteiger charge is 2.14. The largest absolute Gasteiger partial charge is 0.366 e. The molecule has 130 valence electrons. The summed E-state index contributed by atoms with van der Waals surface area (Å²) in [4.78, 5) is 24.9. The number of nitrogens with two attached hydrogens (primary N) is 1. The summed E-state index contributed by atoms with van der Waals surface area (Å²) in [6.07, 6.45) is 1.69. The highest BCUT2D eigenvalue weighted by atomic mass is 32.1. The minimum Gasteiger partial charge on any atom is -0.366 e. The molecule has 6 heteroatoms. The Kier molecular flexibility index (Phi) is 5.24. The Morgan fingerprint density at radius 2 is 1.81 bits per heavy atom. The molecule has 0 saturated heterocycles. The first-order valence-electron chi connectivity index (χ1n) is 7.75. The molecule has 26 heavy (non-hydrogen) atoms. The Morgan fingerprint density at radius 1 is 1.04 bits per heavy atom. The quantitative estimate of drug-likeness (QED) is 0.666. The minimum atomic E-state index is -0.568. The monoisotopic (exact) mass is 366 g/mol. The molecule has 0 unspecified atom stereocenters. The molecule has 2 aromatic carbocycles. The Morgan fingerprint density at radius 3 is 2.46 bits per heavy atom. The first-order valence-corrected chi connectivity index (χ1v) is 8.63. The SMILES string of the molecule is NC(=O)c1cccc(NC(=O)/C(=C/c2ccc(F)cc2)c2cccs2)c1. The van der Waals surface area contributed by atoms with Gasteiger partial charge in [0, 0.05) is 16.1 Å². The number of anilines is 1. The maximum absolute atomic E-state index is 13.1. The maximum atomic E-state index is 13.1. The van der Waals surface area contributed by atoms with Crippen LogP contribution in [0, 0.1) is 5.82 Å². The van der Waals surface area contributed by atoms with E-state index in [2.05, 4.69) is 5.32 Å². The number of amides is 2. The molecule has 1 heterocycles. The van der Waals surface area contributed by atoms with Crippen LogP contribution in [0.1, 0.15) is 20.8 Å². The van der Waals surface area contributed by atoms with Gasteiger partial charge in [-0.15, -0.1) is 11.3 Å². The van der Waals surface area contributed by atoms with Crippen LogP contribution in [0.5, 0.6) is 0 Å². The fraction of sp³-hybridized carbons (Fsp3) is 0. The van der Waals surface area contributed by atoms with Gasteiger partial charge in [0.1, 0.15) is 5.82 Å². The van der Waals surface area contributed by atoms with Gasteiger partial charge < -0.3 is 11.1 Å². The van der Waals surface area contributed by atoms with E-state index < -0.39 is 5.91 Å². The lowest BCUT2D eigenvalue weighted by atomic mass is 10.1. The molecule has 0 aliphatic carbocycles. The molecule has 0 fully saturated rings. The molecule has 0 saturated carbocycles. The number of carbonyl (C=O) groups excluding carboxylic acids is 2. The fourth-order valence-corrected chi connectivity index (χ4v) is 3.09. The van der Waals surface area contributed by atoms with E-state index in [1.807, 2.05) is 17.5 Å². The Hall–Kier alpha value is -3.25. The molecule has 0 atom stereocenters. The summed E-state index contributed by atoms with van der Waals surface area (Å²) in [5.41, 5.74) is 7.19.